The van der Waals surface area contributed by atoms with Gasteiger partial charge in [-0.05, 0) is 17.5 Å². The lowest BCUT2D eigenvalue weighted by molar-refractivity contribution is 0.419. The zero-order valence-electron chi connectivity index (χ0n) is 7.32. The van der Waals surface area contributed by atoms with Gasteiger partial charge in [-0.2, -0.15) is 0 Å². The van der Waals surface area contributed by atoms with Crippen molar-refractivity contribution in [2.24, 2.45) is 0 Å². The van der Waals surface area contributed by atoms with Gasteiger partial charge in [0.15, 0.2) is 0 Å². The van der Waals surface area contributed by atoms with Crippen molar-refractivity contribution in [2.45, 2.75) is 0 Å². The molecule has 1 heterocycles. The highest BCUT2D eigenvalue weighted by atomic mass is 16.5. The van der Waals surface area contributed by atoms with Gasteiger partial charge in [-0.15, -0.1) is 0 Å². The van der Waals surface area contributed by atoms with Crippen molar-refractivity contribution >= 4 is 24.2 Å². The Bertz CT molecular complexity index is 442. The zero-order valence-corrected chi connectivity index (χ0v) is 7.32. The largest absolute Gasteiger partial charge is 0.494 e. The maximum Gasteiger partial charge on any atom is 0.145 e. The number of benzene rings is 1. The van der Waals surface area contributed by atoms with Crippen LogP contribution in [0.4, 0.5) is 0 Å². The van der Waals surface area contributed by atoms with Crippen molar-refractivity contribution in [2.75, 3.05) is 7.11 Å². The molecule has 0 unspecified atom stereocenters. The number of rotatable bonds is 1. The Morgan fingerprint density at radius 1 is 1.31 bits per heavy atom. The van der Waals surface area contributed by atoms with E-state index in [0.29, 0.717) is 0 Å². The lowest BCUT2D eigenvalue weighted by Crippen LogP contribution is -2.04. The molecule has 0 aliphatic rings. The molecule has 0 N–H and O–H groups in total. The van der Waals surface area contributed by atoms with Crippen molar-refractivity contribution in [3.8, 4) is 5.75 Å². The van der Waals surface area contributed by atoms with Gasteiger partial charge < -0.3 is 4.74 Å². The molecule has 1 aromatic heterocycles. The molecule has 2 aromatic rings. The lowest BCUT2D eigenvalue weighted by atomic mass is 9.91. The van der Waals surface area contributed by atoms with E-state index >= 15 is 0 Å². The van der Waals surface area contributed by atoms with Crippen molar-refractivity contribution in [1.82, 2.24) is 4.98 Å². The summed E-state index contributed by atoms with van der Waals surface area (Å²) in [6.07, 6.45) is 1.73. The van der Waals surface area contributed by atoms with E-state index in [4.69, 9.17) is 12.6 Å². The fourth-order valence-corrected chi connectivity index (χ4v) is 1.33. The Hall–Kier alpha value is -1.51. The molecular weight excluding hydrogens is 161 g/mol. The Kier molecular flexibility index (Phi) is 1.93. The second-order valence-electron chi connectivity index (χ2n) is 2.76. The van der Waals surface area contributed by atoms with E-state index in [-0.39, 0.29) is 0 Å². The summed E-state index contributed by atoms with van der Waals surface area (Å²) in [6, 6.07) is 7.44. The van der Waals surface area contributed by atoms with E-state index in [1.54, 1.807) is 13.3 Å². The van der Waals surface area contributed by atoms with Gasteiger partial charge in [0.25, 0.3) is 0 Å². The van der Waals surface area contributed by atoms with Crippen LogP contribution < -0.4 is 10.2 Å². The van der Waals surface area contributed by atoms with Gasteiger partial charge in [-0.25, -0.2) is 0 Å². The van der Waals surface area contributed by atoms with Gasteiger partial charge in [-0.1, -0.05) is 17.6 Å². The van der Waals surface area contributed by atoms with Crippen molar-refractivity contribution in [1.29, 1.82) is 0 Å². The predicted octanol–water partition coefficient (Wildman–Crippen LogP) is 1.04. The van der Waals surface area contributed by atoms with Crippen LogP contribution in [0.3, 0.4) is 0 Å². The summed E-state index contributed by atoms with van der Waals surface area (Å²) in [4.78, 5) is 4.21. The minimum atomic E-state index is 0.726. The van der Waals surface area contributed by atoms with E-state index < -0.39 is 0 Å². The molecule has 0 amide bonds. The number of fused-ring (bicyclic) bond motifs is 1. The van der Waals surface area contributed by atoms with E-state index in [2.05, 4.69) is 4.98 Å². The lowest BCUT2D eigenvalue weighted by Gasteiger charge is -2.06. The van der Waals surface area contributed by atoms with Gasteiger partial charge in [0.05, 0.1) is 7.11 Å². The number of hydrogen-bond acceptors (Lipinski definition) is 2. The average molecular weight is 169 g/mol. The van der Waals surface area contributed by atoms with Crippen LogP contribution in [0.1, 0.15) is 0 Å². The number of nitrogens with zero attached hydrogens (tertiary/aromatic N) is 1. The molecule has 0 saturated carbocycles. The summed E-state index contributed by atoms with van der Waals surface area (Å²) in [6.45, 7) is 0. The quantitative estimate of drug-likeness (QED) is 0.595. The Morgan fingerprint density at radius 3 is 2.92 bits per heavy atom. The van der Waals surface area contributed by atoms with Crippen LogP contribution in [-0.2, 0) is 0 Å². The van der Waals surface area contributed by atoms with Crippen LogP contribution in [-0.4, -0.2) is 19.9 Å². The first-order valence-electron chi connectivity index (χ1n) is 4.00. The number of hydrogen-bond donors (Lipinski definition) is 0. The second-order valence-corrected chi connectivity index (χ2v) is 2.76. The maximum atomic E-state index is 5.78. The van der Waals surface area contributed by atoms with Gasteiger partial charge in [0, 0.05) is 6.20 Å². The fourth-order valence-electron chi connectivity index (χ4n) is 1.33. The third-order valence-corrected chi connectivity index (χ3v) is 1.99. The normalized spacial score (nSPS) is 10.2. The van der Waals surface area contributed by atoms with Crippen LogP contribution in [0.15, 0.2) is 30.5 Å². The highest BCUT2D eigenvalue weighted by Gasteiger charge is 2.02. The molecule has 0 spiro atoms. The predicted molar refractivity (Wildman–Crippen MR) is 53.7 cm³/mol. The van der Waals surface area contributed by atoms with Gasteiger partial charge in [0.1, 0.15) is 19.1 Å². The summed E-state index contributed by atoms with van der Waals surface area (Å²) >= 11 is 0. The summed E-state index contributed by atoms with van der Waals surface area (Å²) < 4.78 is 5.16. The number of aromatic nitrogens is 1. The van der Waals surface area contributed by atoms with Crippen molar-refractivity contribution in [3.05, 3.63) is 30.5 Å². The van der Waals surface area contributed by atoms with Crippen molar-refractivity contribution < 1.29 is 4.74 Å². The minimum absolute atomic E-state index is 0.726. The molecule has 13 heavy (non-hydrogen) atoms. The molecule has 2 nitrogen and oxygen atoms in total. The molecule has 3 heteroatoms. The standard InChI is InChI=1S/C10H8BNO/c1-13-9-5-4-8(11)7-3-2-6-12-10(7)9/h2-6H,1H3. The summed E-state index contributed by atoms with van der Waals surface area (Å²) in [5.74, 6) is 0.754. The van der Waals surface area contributed by atoms with Gasteiger partial charge in [0.2, 0.25) is 0 Å². The summed E-state index contributed by atoms with van der Waals surface area (Å²) in [5, 5.41) is 0.932. The topological polar surface area (TPSA) is 22.1 Å². The molecule has 0 atom stereocenters. The second kappa shape index (κ2) is 3.09. The summed E-state index contributed by atoms with van der Waals surface area (Å²) in [5.41, 5.74) is 1.54. The molecule has 2 rings (SSSR count). The molecule has 62 valence electrons. The first-order valence-corrected chi connectivity index (χ1v) is 4.00. The zero-order chi connectivity index (χ0) is 9.26. The van der Waals surface area contributed by atoms with Gasteiger partial charge in [-0.3, -0.25) is 4.98 Å². The number of methoxy groups -OCH3 is 1. The number of pyridine rings is 1. The highest BCUT2D eigenvalue weighted by Crippen LogP contribution is 2.20. The molecule has 0 aliphatic heterocycles. The van der Waals surface area contributed by atoms with Crippen LogP contribution in [0.5, 0.6) is 5.75 Å². The Morgan fingerprint density at radius 2 is 2.15 bits per heavy atom. The summed E-state index contributed by atoms with van der Waals surface area (Å²) in [7, 11) is 7.41. The molecule has 0 bridgehead atoms. The average Bonchev–Trinajstić information content (AvgIpc) is 2.19. The third kappa shape index (κ3) is 1.26. The van der Waals surface area contributed by atoms with Crippen molar-refractivity contribution in [3.63, 3.8) is 0 Å². The fraction of sp³-hybridized carbons (Fsp3) is 0.100. The van der Waals surface area contributed by atoms with Crippen LogP contribution in [0.25, 0.3) is 10.9 Å². The monoisotopic (exact) mass is 169 g/mol. The molecular formula is C10H8BNO. The van der Waals surface area contributed by atoms with E-state index in [9.17, 15) is 0 Å². The SMILES string of the molecule is [B]c1ccc(OC)c2ncccc12. The maximum absolute atomic E-state index is 5.78. The first kappa shape index (κ1) is 8.11. The molecule has 2 radical (unpaired) electrons. The van der Waals surface area contributed by atoms with E-state index in [1.807, 2.05) is 24.3 Å². The molecule has 0 saturated heterocycles. The Labute approximate surface area is 78.0 Å². The van der Waals surface area contributed by atoms with Crippen LogP contribution in [0, 0.1) is 0 Å². The Balaban J connectivity index is 2.84. The smallest absolute Gasteiger partial charge is 0.145 e. The third-order valence-electron chi connectivity index (χ3n) is 1.99. The molecule has 0 aliphatic carbocycles. The van der Waals surface area contributed by atoms with Crippen LogP contribution in [0.2, 0.25) is 0 Å². The van der Waals surface area contributed by atoms with E-state index in [1.165, 1.54) is 0 Å². The molecule has 1 aromatic carbocycles. The van der Waals surface area contributed by atoms with Gasteiger partial charge >= 0.3 is 0 Å². The first-order chi connectivity index (χ1) is 6.33. The van der Waals surface area contributed by atoms with E-state index in [0.717, 1.165) is 22.1 Å². The highest BCUT2D eigenvalue weighted by molar-refractivity contribution is 6.38. The minimum Gasteiger partial charge on any atom is -0.494 e. The van der Waals surface area contributed by atoms with Crippen LogP contribution >= 0.6 is 0 Å². The molecule has 0 fully saturated rings. The number of ether oxygens (including phenoxy) is 1.